The van der Waals surface area contributed by atoms with Crippen molar-refractivity contribution < 1.29 is 4.74 Å². The molecule has 1 nitrogen and oxygen atoms in total. The Labute approximate surface area is 107 Å². The zero-order valence-corrected chi connectivity index (χ0v) is 12.4. The average molecular weight is 285 g/mol. The van der Waals surface area contributed by atoms with Crippen LogP contribution in [-0.2, 0) is 6.42 Å². The zero-order chi connectivity index (χ0) is 12.3. The minimum Gasteiger partial charge on any atom is -0.496 e. The number of benzene rings is 1. The molecule has 0 saturated carbocycles. The summed E-state index contributed by atoms with van der Waals surface area (Å²) in [4.78, 5) is 0. The number of methoxy groups -OCH3 is 1. The third-order valence-corrected chi connectivity index (χ3v) is 4.29. The van der Waals surface area contributed by atoms with Crippen LogP contribution in [0, 0.1) is 19.3 Å². The molecule has 0 aliphatic carbocycles. The van der Waals surface area contributed by atoms with Gasteiger partial charge in [0, 0.05) is 5.33 Å². The second-order valence-corrected chi connectivity index (χ2v) is 5.80. The summed E-state index contributed by atoms with van der Waals surface area (Å²) < 4.78 is 5.38. The number of ether oxygens (including phenoxy) is 1. The van der Waals surface area contributed by atoms with Crippen molar-refractivity contribution in [3.8, 4) is 5.75 Å². The van der Waals surface area contributed by atoms with E-state index in [1.54, 1.807) is 7.11 Å². The molecule has 0 aromatic heterocycles. The Kier molecular flexibility index (Phi) is 4.43. The van der Waals surface area contributed by atoms with Crippen LogP contribution in [0.5, 0.6) is 5.75 Å². The first kappa shape index (κ1) is 13.6. The van der Waals surface area contributed by atoms with Crippen molar-refractivity contribution in [3.05, 3.63) is 28.8 Å². The molecule has 0 heterocycles. The molecule has 2 heteroatoms. The topological polar surface area (TPSA) is 9.23 Å². The first-order valence-corrected chi connectivity index (χ1v) is 6.72. The standard InChI is InChI=1S/C14H21BrO/c1-10-6-12(8-14(3,4)9-15)7-11(2)13(10)16-5/h6-7H,8-9H2,1-5H3. The monoisotopic (exact) mass is 284 g/mol. The third-order valence-electron chi connectivity index (χ3n) is 2.77. The second kappa shape index (κ2) is 5.22. The first-order chi connectivity index (χ1) is 7.39. The fourth-order valence-electron chi connectivity index (χ4n) is 2.06. The Balaban J connectivity index is 3.00. The van der Waals surface area contributed by atoms with Gasteiger partial charge in [-0.2, -0.15) is 0 Å². The normalized spacial score (nSPS) is 11.6. The lowest BCUT2D eigenvalue weighted by atomic mass is 9.87. The lowest BCUT2D eigenvalue weighted by Gasteiger charge is -2.22. The summed E-state index contributed by atoms with van der Waals surface area (Å²) in [6.45, 7) is 8.76. The van der Waals surface area contributed by atoms with Gasteiger partial charge in [-0.3, -0.25) is 0 Å². The van der Waals surface area contributed by atoms with Gasteiger partial charge in [-0.1, -0.05) is 41.9 Å². The molecule has 0 aliphatic heterocycles. The van der Waals surface area contributed by atoms with Crippen molar-refractivity contribution in [2.45, 2.75) is 34.1 Å². The van der Waals surface area contributed by atoms with Gasteiger partial charge < -0.3 is 4.74 Å². The molecule has 0 fully saturated rings. The molecule has 0 spiro atoms. The zero-order valence-electron chi connectivity index (χ0n) is 10.9. The van der Waals surface area contributed by atoms with E-state index in [9.17, 15) is 0 Å². The number of aryl methyl sites for hydroxylation is 2. The van der Waals surface area contributed by atoms with Crippen LogP contribution in [0.4, 0.5) is 0 Å². The molecule has 0 radical (unpaired) electrons. The van der Waals surface area contributed by atoms with E-state index < -0.39 is 0 Å². The van der Waals surface area contributed by atoms with Crippen LogP contribution in [0.15, 0.2) is 12.1 Å². The highest BCUT2D eigenvalue weighted by atomic mass is 79.9. The van der Waals surface area contributed by atoms with Gasteiger partial charge in [0.2, 0.25) is 0 Å². The smallest absolute Gasteiger partial charge is 0.124 e. The van der Waals surface area contributed by atoms with Gasteiger partial charge in [0.05, 0.1) is 7.11 Å². The van der Waals surface area contributed by atoms with Crippen LogP contribution in [0.3, 0.4) is 0 Å². The maximum atomic E-state index is 5.38. The number of halogens is 1. The van der Waals surface area contributed by atoms with E-state index in [1.165, 1.54) is 16.7 Å². The summed E-state index contributed by atoms with van der Waals surface area (Å²) in [6.07, 6.45) is 1.09. The molecular weight excluding hydrogens is 264 g/mol. The van der Waals surface area contributed by atoms with Crippen LogP contribution < -0.4 is 4.74 Å². The van der Waals surface area contributed by atoms with Crippen molar-refractivity contribution in [2.75, 3.05) is 12.4 Å². The number of alkyl halides is 1. The van der Waals surface area contributed by atoms with E-state index in [1.807, 2.05) is 0 Å². The van der Waals surface area contributed by atoms with Crippen molar-refractivity contribution in [2.24, 2.45) is 5.41 Å². The largest absolute Gasteiger partial charge is 0.496 e. The lowest BCUT2D eigenvalue weighted by Crippen LogP contribution is -2.16. The predicted octanol–water partition coefficient (Wildman–Crippen LogP) is 4.28. The van der Waals surface area contributed by atoms with Gasteiger partial charge in [-0.15, -0.1) is 0 Å². The Morgan fingerprint density at radius 3 is 2.06 bits per heavy atom. The molecular formula is C14H21BrO. The molecule has 0 saturated heterocycles. The van der Waals surface area contributed by atoms with Gasteiger partial charge in [0.1, 0.15) is 5.75 Å². The molecule has 0 bridgehead atoms. The van der Waals surface area contributed by atoms with Crippen molar-refractivity contribution in [1.82, 2.24) is 0 Å². The minimum atomic E-state index is 0.299. The van der Waals surface area contributed by atoms with Crippen molar-refractivity contribution in [1.29, 1.82) is 0 Å². The quantitative estimate of drug-likeness (QED) is 0.750. The van der Waals surface area contributed by atoms with E-state index >= 15 is 0 Å². The van der Waals surface area contributed by atoms with Crippen LogP contribution in [0.1, 0.15) is 30.5 Å². The van der Waals surface area contributed by atoms with E-state index in [0.29, 0.717) is 5.41 Å². The molecule has 0 aliphatic rings. The molecule has 0 unspecified atom stereocenters. The van der Waals surface area contributed by atoms with Crippen molar-refractivity contribution in [3.63, 3.8) is 0 Å². The highest BCUT2D eigenvalue weighted by Gasteiger charge is 2.17. The van der Waals surface area contributed by atoms with Crippen LogP contribution in [0.25, 0.3) is 0 Å². The summed E-state index contributed by atoms with van der Waals surface area (Å²) >= 11 is 3.57. The summed E-state index contributed by atoms with van der Waals surface area (Å²) in [5.41, 5.74) is 4.14. The number of hydrogen-bond donors (Lipinski definition) is 0. The Hall–Kier alpha value is -0.500. The van der Waals surface area contributed by atoms with E-state index in [0.717, 1.165) is 17.5 Å². The number of hydrogen-bond acceptors (Lipinski definition) is 1. The fraction of sp³-hybridized carbons (Fsp3) is 0.571. The molecule has 1 aromatic carbocycles. The maximum absolute atomic E-state index is 5.38. The molecule has 90 valence electrons. The Bertz CT molecular complexity index is 346. The minimum absolute atomic E-state index is 0.299. The average Bonchev–Trinajstić information content (AvgIpc) is 2.16. The first-order valence-electron chi connectivity index (χ1n) is 5.59. The summed E-state index contributed by atoms with van der Waals surface area (Å²) in [5.74, 6) is 1.01. The van der Waals surface area contributed by atoms with Crippen LogP contribution in [-0.4, -0.2) is 12.4 Å². The van der Waals surface area contributed by atoms with Crippen LogP contribution in [0.2, 0.25) is 0 Å². The predicted molar refractivity (Wildman–Crippen MR) is 73.7 cm³/mol. The summed E-state index contributed by atoms with van der Waals surface area (Å²) in [7, 11) is 1.73. The highest BCUT2D eigenvalue weighted by Crippen LogP contribution is 2.29. The maximum Gasteiger partial charge on any atom is 0.124 e. The molecule has 1 aromatic rings. The van der Waals surface area contributed by atoms with Crippen LogP contribution >= 0.6 is 15.9 Å². The molecule has 16 heavy (non-hydrogen) atoms. The molecule has 1 rings (SSSR count). The molecule has 0 N–H and O–H groups in total. The molecule has 0 atom stereocenters. The third kappa shape index (κ3) is 3.24. The molecule has 0 amide bonds. The lowest BCUT2D eigenvalue weighted by molar-refractivity contribution is 0.405. The van der Waals surface area contributed by atoms with Gasteiger partial charge in [-0.05, 0) is 42.4 Å². The van der Waals surface area contributed by atoms with Gasteiger partial charge >= 0.3 is 0 Å². The van der Waals surface area contributed by atoms with E-state index in [4.69, 9.17) is 4.74 Å². The Morgan fingerprint density at radius 1 is 1.19 bits per heavy atom. The van der Waals surface area contributed by atoms with Crippen molar-refractivity contribution >= 4 is 15.9 Å². The summed E-state index contributed by atoms with van der Waals surface area (Å²) in [5, 5.41) is 1.02. The van der Waals surface area contributed by atoms with Gasteiger partial charge in [0.15, 0.2) is 0 Å². The SMILES string of the molecule is COc1c(C)cc(CC(C)(C)CBr)cc1C. The Morgan fingerprint density at radius 2 is 1.69 bits per heavy atom. The summed E-state index contributed by atoms with van der Waals surface area (Å²) in [6, 6.07) is 4.46. The van der Waals surface area contributed by atoms with Gasteiger partial charge in [0.25, 0.3) is 0 Å². The highest BCUT2D eigenvalue weighted by molar-refractivity contribution is 9.09. The van der Waals surface area contributed by atoms with Gasteiger partial charge in [-0.25, -0.2) is 0 Å². The van der Waals surface area contributed by atoms with E-state index in [2.05, 4.69) is 55.8 Å². The van der Waals surface area contributed by atoms with E-state index in [-0.39, 0.29) is 0 Å². The fourth-order valence-corrected chi connectivity index (χ4v) is 2.26. The second-order valence-electron chi connectivity index (χ2n) is 5.24. The number of rotatable bonds is 4.